The lowest BCUT2D eigenvalue weighted by atomic mass is 10.0. The lowest BCUT2D eigenvalue weighted by Gasteiger charge is -2.12. The van der Waals surface area contributed by atoms with Crippen molar-refractivity contribution >= 4 is 31.6 Å². The average molecular weight is 445 g/mol. The summed E-state index contributed by atoms with van der Waals surface area (Å²) in [7, 11) is 0. The van der Waals surface area contributed by atoms with E-state index in [1.54, 1.807) is 16.9 Å². The highest BCUT2D eigenvalue weighted by Gasteiger charge is 2.21. The number of hydrogen-bond donors (Lipinski definition) is 1. The number of aromatic nitrogens is 2. The predicted octanol–water partition coefficient (Wildman–Crippen LogP) is 5.89. The van der Waals surface area contributed by atoms with Crippen LogP contribution in [0.3, 0.4) is 0 Å². The van der Waals surface area contributed by atoms with E-state index in [0.29, 0.717) is 34.8 Å². The number of aryl methyl sites for hydroxylation is 1. The molecule has 5 rings (SSSR count). The SMILES string of the molecule is CCCCc1ccc(O)c2sc3nc(Cc4ccccc4)n(Cc4ccco4)c(=O)c3c12. The van der Waals surface area contributed by atoms with Crippen molar-refractivity contribution in [2.24, 2.45) is 0 Å². The van der Waals surface area contributed by atoms with Gasteiger partial charge in [-0.1, -0.05) is 49.7 Å². The fourth-order valence-electron chi connectivity index (χ4n) is 4.16. The zero-order chi connectivity index (χ0) is 22.1. The van der Waals surface area contributed by atoms with Crippen molar-refractivity contribution in [3.8, 4) is 5.75 Å². The highest BCUT2D eigenvalue weighted by Crippen LogP contribution is 2.39. The van der Waals surface area contributed by atoms with E-state index >= 15 is 0 Å². The molecule has 0 bridgehead atoms. The Kier molecular flexibility index (Phi) is 5.53. The van der Waals surface area contributed by atoms with Gasteiger partial charge < -0.3 is 9.52 Å². The van der Waals surface area contributed by atoms with Crippen LogP contribution in [-0.4, -0.2) is 14.7 Å². The van der Waals surface area contributed by atoms with Gasteiger partial charge >= 0.3 is 0 Å². The summed E-state index contributed by atoms with van der Waals surface area (Å²) < 4.78 is 8.00. The Bertz CT molecular complexity index is 1430. The normalized spacial score (nSPS) is 11.5. The van der Waals surface area contributed by atoms with Crippen LogP contribution >= 0.6 is 11.3 Å². The van der Waals surface area contributed by atoms with E-state index in [-0.39, 0.29) is 11.3 Å². The van der Waals surface area contributed by atoms with E-state index in [4.69, 9.17) is 9.40 Å². The Hall–Kier alpha value is -3.38. The van der Waals surface area contributed by atoms with E-state index in [1.165, 1.54) is 11.3 Å². The Morgan fingerprint density at radius 2 is 1.91 bits per heavy atom. The molecule has 5 nitrogen and oxygen atoms in total. The number of furan rings is 1. The molecule has 162 valence electrons. The third-order valence-corrected chi connectivity index (χ3v) is 6.89. The van der Waals surface area contributed by atoms with Crippen LogP contribution < -0.4 is 5.56 Å². The van der Waals surface area contributed by atoms with Crippen LogP contribution in [0, 0.1) is 0 Å². The summed E-state index contributed by atoms with van der Waals surface area (Å²) in [5.41, 5.74) is 2.08. The summed E-state index contributed by atoms with van der Waals surface area (Å²) in [4.78, 5) is 19.5. The number of phenols is 1. The maximum atomic E-state index is 13.9. The molecule has 0 aliphatic carbocycles. The Balaban J connectivity index is 1.77. The van der Waals surface area contributed by atoms with Gasteiger partial charge in [-0.15, -0.1) is 11.3 Å². The van der Waals surface area contributed by atoms with Crippen LogP contribution in [0.15, 0.2) is 70.1 Å². The smallest absolute Gasteiger partial charge is 0.263 e. The molecule has 1 N–H and O–H groups in total. The molecule has 0 fully saturated rings. The van der Waals surface area contributed by atoms with Crippen molar-refractivity contribution in [2.45, 2.75) is 39.2 Å². The number of phenolic OH excluding ortho intramolecular Hbond substituents is 1. The van der Waals surface area contributed by atoms with E-state index in [2.05, 4.69) is 6.92 Å². The highest BCUT2D eigenvalue weighted by molar-refractivity contribution is 7.25. The van der Waals surface area contributed by atoms with Gasteiger partial charge in [-0.25, -0.2) is 4.98 Å². The molecule has 3 aromatic heterocycles. The minimum atomic E-state index is -0.0908. The Morgan fingerprint density at radius 3 is 2.66 bits per heavy atom. The second-order valence-electron chi connectivity index (χ2n) is 7.99. The minimum absolute atomic E-state index is 0.0908. The number of benzene rings is 2. The molecule has 5 aromatic rings. The molecule has 0 saturated carbocycles. The lowest BCUT2D eigenvalue weighted by molar-refractivity contribution is 0.482. The number of fused-ring (bicyclic) bond motifs is 3. The molecule has 0 radical (unpaired) electrons. The zero-order valence-electron chi connectivity index (χ0n) is 17.9. The first-order chi connectivity index (χ1) is 15.7. The van der Waals surface area contributed by atoms with Crippen LogP contribution in [0.5, 0.6) is 5.75 Å². The quantitative estimate of drug-likeness (QED) is 0.340. The molecule has 0 spiro atoms. The zero-order valence-corrected chi connectivity index (χ0v) is 18.7. The van der Waals surface area contributed by atoms with Crippen molar-refractivity contribution in [3.05, 3.63) is 93.9 Å². The average Bonchev–Trinajstić information content (AvgIpc) is 3.45. The van der Waals surface area contributed by atoms with Gasteiger partial charge in [0.25, 0.3) is 5.56 Å². The van der Waals surface area contributed by atoms with Gasteiger partial charge in [0.15, 0.2) is 0 Å². The maximum absolute atomic E-state index is 13.9. The van der Waals surface area contributed by atoms with Crippen LogP contribution in [0.4, 0.5) is 0 Å². The van der Waals surface area contributed by atoms with Crippen LogP contribution in [0.1, 0.15) is 42.5 Å². The minimum Gasteiger partial charge on any atom is -0.506 e. The Morgan fingerprint density at radius 1 is 1.06 bits per heavy atom. The first kappa shape index (κ1) is 20.5. The summed E-state index contributed by atoms with van der Waals surface area (Å²) in [5.74, 6) is 1.59. The van der Waals surface area contributed by atoms with E-state index in [1.807, 2.05) is 48.5 Å². The number of nitrogens with zero attached hydrogens (tertiary/aromatic N) is 2. The van der Waals surface area contributed by atoms with Gasteiger partial charge in [-0.05, 0) is 42.2 Å². The third-order valence-electron chi connectivity index (χ3n) is 5.79. The number of unbranched alkanes of at least 4 members (excludes halogenated alkanes) is 1. The number of aromatic hydroxyl groups is 1. The summed E-state index contributed by atoms with van der Waals surface area (Å²) in [6.07, 6.45) is 5.10. The number of hydrogen-bond acceptors (Lipinski definition) is 5. The second kappa shape index (κ2) is 8.63. The van der Waals surface area contributed by atoms with Gasteiger partial charge in [0.05, 0.1) is 22.9 Å². The Labute approximate surface area is 189 Å². The molecular weight excluding hydrogens is 420 g/mol. The van der Waals surface area contributed by atoms with Crippen molar-refractivity contribution in [1.29, 1.82) is 0 Å². The van der Waals surface area contributed by atoms with Gasteiger partial charge in [-0.3, -0.25) is 9.36 Å². The first-order valence-electron chi connectivity index (χ1n) is 10.9. The standard InChI is InChI=1S/C26H24N2O3S/c1-2-3-10-18-12-13-20(29)24-22(18)23-25(32-24)27-21(15-17-8-5-4-6-9-17)28(26(23)30)16-19-11-7-14-31-19/h4-9,11-14,29H,2-3,10,15-16H2,1H3. The molecule has 0 amide bonds. The highest BCUT2D eigenvalue weighted by atomic mass is 32.1. The topological polar surface area (TPSA) is 68.3 Å². The predicted molar refractivity (Wildman–Crippen MR) is 129 cm³/mol. The van der Waals surface area contributed by atoms with Crippen molar-refractivity contribution in [3.63, 3.8) is 0 Å². The van der Waals surface area contributed by atoms with E-state index in [0.717, 1.165) is 40.5 Å². The van der Waals surface area contributed by atoms with Crippen molar-refractivity contribution < 1.29 is 9.52 Å². The molecule has 0 saturated heterocycles. The van der Waals surface area contributed by atoms with Gasteiger partial charge in [-0.2, -0.15) is 0 Å². The maximum Gasteiger partial charge on any atom is 0.263 e. The first-order valence-corrected chi connectivity index (χ1v) is 11.7. The molecular formula is C26H24N2O3S. The molecule has 0 unspecified atom stereocenters. The van der Waals surface area contributed by atoms with Crippen LogP contribution in [-0.2, 0) is 19.4 Å². The molecule has 2 aromatic carbocycles. The van der Waals surface area contributed by atoms with E-state index < -0.39 is 0 Å². The van der Waals surface area contributed by atoms with Crippen molar-refractivity contribution in [2.75, 3.05) is 0 Å². The largest absolute Gasteiger partial charge is 0.506 e. The van der Waals surface area contributed by atoms with Crippen molar-refractivity contribution in [1.82, 2.24) is 9.55 Å². The molecule has 32 heavy (non-hydrogen) atoms. The fraction of sp³-hybridized carbons (Fsp3) is 0.231. The number of rotatable bonds is 7. The fourth-order valence-corrected chi connectivity index (χ4v) is 5.31. The van der Waals surface area contributed by atoms with Gasteiger partial charge in [0, 0.05) is 11.8 Å². The monoisotopic (exact) mass is 444 g/mol. The molecule has 0 aliphatic heterocycles. The molecule has 0 aliphatic rings. The van der Waals surface area contributed by atoms with Crippen LogP contribution in [0.2, 0.25) is 0 Å². The molecule has 6 heteroatoms. The third kappa shape index (κ3) is 3.71. The lowest BCUT2D eigenvalue weighted by Crippen LogP contribution is -2.25. The summed E-state index contributed by atoms with van der Waals surface area (Å²) >= 11 is 1.39. The number of thiophene rings is 1. The molecule has 0 atom stereocenters. The second-order valence-corrected chi connectivity index (χ2v) is 8.99. The van der Waals surface area contributed by atoms with Gasteiger partial charge in [0.2, 0.25) is 0 Å². The van der Waals surface area contributed by atoms with Gasteiger partial charge in [0.1, 0.15) is 22.2 Å². The summed E-state index contributed by atoms with van der Waals surface area (Å²) in [6, 6.07) is 17.4. The molecule has 3 heterocycles. The van der Waals surface area contributed by atoms with E-state index in [9.17, 15) is 9.90 Å². The summed E-state index contributed by atoms with van der Waals surface area (Å²) in [6.45, 7) is 2.47. The van der Waals surface area contributed by atoms with Crippen LogP contribution in [0.25, 0.3) is 20.3 Å². The summed E-state index contributed by atoms with van der Waals surface area (Å²) in [5, 5.41) is 12.0.